The molecule has 0 atom stereocenters. The highest BCUT2D eigenvalue weighted by Gasteiger charge is 1.76. The zero-order valence-electron chi connectivity index (χ0n) is 18.4. The fourth-order valence-electron chi connectivity index (χ4n) is 2.07. The van der Waals surface area contributed by atoms with Gasteiger partial charge in [0.1, 0.15) is 0 Å². The van der Waals surface area contributed by atoms with Gasteiger partial charge in [-0.05, 0) is 13.8 Å². The molecule has 2 rings (SSSR count). The third-order valence-electron chi connectivity index (χ3n) is 3.80. The van der Waals surface area contributed by atoms with E-state index in [1.807, 2.05) is 36.4 Å². The summed E-state index contributed by atoms with van der Waals surface area (Å²) in [4.78, 5) is 0. The molecule has 0 aromatic heterocycles. The Balaban J connectivity index is 0. The monoisotopic (exact) mass is 356 g/mol. The first-order chi connectivity index (χ1) is 12.6. The molecular formula is C26H44. The second-order valence-corrected chi connectivity index (χ2v) is 6.72. The quantitative estimate of drug-likeness (QED) is 0.452. The molecule has 148 valence electrons. The predicted octanol–water partition coefficient (Wildman–Crippen LogP) is 9.16. The summed E-state index contributed by atoms with van der Waals surface area (Å²) in [5.41, 5.74) is 2.64. The molecular weight excluding hydrogens is 312 g/mol. The van der Waals surface area contributed by atoms with Crippen molar-refractivity contribution in [3.63, 3.8) is 0 Å². The molecule has 0 nitrogen and oxygen atoms in total. The Morgan fingerprint density at radius 3 is 0.769 bits per heavy atom. The van der Waals surface area contributed by atoms with E-state index in [9.17, 15) is 0 Å². The largest absolute Gasteiger partial charge is 0.0654 e. The van der Waals surface area contributed by atoms with Gasteiger partial charge in [0.15, 0.2) is 0 Å². The van der Waals surface area contributed by atoms with Gasteiger partial charge in [0.05, 0.1) is 0 Å². The van der Waals surface area contributed by atoms with E-state index in [0.29, 0.717) is 0 Å². The molecule has 0 aliphatic carbocycles. The van der Waals surface area contributed by atoms with Crippen LogP contribution in [0, 0.1) is 13.8 Å². The maximum Gasteiger partial charge on any atom is -0.0398 e. The van der Waals surface area contributed by atoms with Crippen LogP contribution in [0.5, 0.6) is 0 Å². The number of unbranched alkanes of at least 4 members (excludes halogenated alkanes) is 6. The van der Waals surface area contributed by atoms with E-state index in [1.54, 1.807) is 0 Å². The van der Waals surface area contributed by atoms with Crippen molar-refractivity contribution in [1.29, 1.82) is 0 Å². The van der Waals surface area contributed by atoms with Crippen molar-refractivity contribution in [2.75, 3.05) is 0 Å². The molecule has 0 aliphatic heterocycles. The Morgan fingerprint density at radius 1 is 0.423 bits per heavy atom. The van der Waals surface area contributed by atoms with Crippen molar-refractivity contribution in [3.8, 4) is 0 Å². The highest BCUT2D eigenvalue weighted by Crippen LogP contribution is 1.96. The number of rotatable bonds is 6. The molecule has 0 spiro atoms. The van der Waals surface area contributed by atoms with Crippen LogP contribution in [0.1, 0.15) is 90.2 Å². The first kappa shape index (κ1) is 26.7. The lowest BCUT2D eigenvalue weighted by Crippen LogP contribution is -1.66. The number of benzene rings is 2. The minimum atomic E-state index is 1.32. The minimum absolute atomic E-state index is 1.32. The average Bonchev–Trinajstić information content (AvgIpc) is 2.67. The number of hydrogen-bond donors (Lipinski definition) is 0. The molecule has 2 aromatic carbocycles. The van der Waals surface area contributed by atoms with Gasteiger partial charge in [-0.2, -0.15) is 0 Å². The van der Waals surface area contributed by atoms with Crippen molar-refractivity contribution in [1.82, 2.24) is 0 Å². The summed E-state index contributed by atoms with van der Waals surface area (Å²) in [5.74, 6) is 0. The Labute approximate surface area is 165 Å². The smallest absolute Gasteiger partial charge is 0.0398 e. The van der Waals surface area contributed by atoms with Crippen molar-refractivity contribution < 1.29 is 0 Å². The van der Waals surface area contributed by atoms with Crippen LogP contribution >= 0.6 is 0 Å². The molecule has 0 amide bonds. The van der Waals surface area contributed by atoms with Crippen LogP contribution < -0.4 is 0 Å². The highest BCUT2D eigenvalue weighted by molar-refractivity contribution is 5.12. The lowest BCUT2D eigenvalue weighted by molar-refractivity contribution is 0.702. The highest BCUT2D eigenvalue weighted by atomic mass is 13.8. The molecule has 2 aromatic rings. The Bertz CT molecular complexity index is 390. The molecule has 0 bridgehead atoms. The van der Waals surface area contributed by atoms with Crippen LogP contribution in [0.2, 0.25) is 0 Å². The van der Waals surface area contributed by atoms with Gasteiger partial charge in [-0.1, -0.05) is 151 Å². The first-order valence-electron chi connectivity index (χ1n) is 10.6. The first-order valence-corrected chi connectivity index (χ1v) is 10.6. The van der Waals surface area contributed by atoms with Crippen LogP contribution in [0.25, 0.3) is 0 Å². The third kappa shape index (κ3) is 24.7. The summed E-state index contributed by atoms with van der Waals surface area (Å²) in [5, 5.41) is 0. The lowest BCUT2D eigenvalue weighted by atomic mass is 10.2. The zero-order valence-corrected chi connectivity index (χ0v) is 18.4. The molecule has 0 saturated carbocycles. The van der Waals surface area contributed by atoms with Crippen LogP contribution in [-0.2, 0) is 0 Å². The molecule has 0 aliphatic rings. The summed E-state index contributed by atoms with van der Waals surface area (Å²) in [7, 11) is 0. The van der Waals surface area contributed by atoms with E-state index < -0.39 is 0 Å². The lowest BCUT2D eigenvalue weighted by Gasteiger charge is -1.86. The van der Waals surface area contributed by atoms with Crippen molar-refractivity contribution in [2.24, 2.45) is 0 Å². The number of hydrogen-bond acceptors (Lipinski definition) is 0. The van der Waals surface area contributed by atoms with Gasteiger partial charge in [-0.15, -0.1) is 0 Å². The summed E-state index contributed by atoms with van der Waals surface area (Å²) in [6, 6.07) is 20.5. The summed E-state index contributed by atoms with van der Waals surface area (Å²) < 4.78 is 0. The molecule has 0 N–H and O–H groups in total. The maximum absolute atomic E-state index is 2.23. The second kappa shape index (κ2) is 23.4. The fraction of sp³-hybridized carbons (Fsp3) is 0.538. The van der Waals surface area contributed by atoms with Crippen LogP contribution in [0.3, 0.4) is 0 Å². The van der Waals surface area contributed by atoms with E-state index >= 15 is 0 Å². The molecule has 0 saturated heterocycles. The van der Waals surface area contributed by atoms with Crippen LogP contribution in [0.15, 0.2) is 60.7 Å². The van der Waals surface area contributed by atoms with E-state index in [0.717, 1.165) is 0 Å². The fourth-order valence-corrected chi connectivity index (χ4v) is 2.07. The van der Waals surface area contributed by atoms with E-state index in [1.165, 1.54) is 62.5 Å². The molecule has 0 heterocycles. The van der Waals surface area contributed by atoms with Gasteiger partial charge in [-0.3, -0.25) is 0 Å². The van der Waals surface area contributed by atoms with Crippen LogP contribution in [-0.4, -0.2) is 0 Å². The summed E-state index contributed by atoms with van der Waals surface area (Å²) >= 11 is 0. The van der Waals surface area contributed by atoms with E-state index in [-0.39, 0.29) is 0 Å². The average molecular weight is 357 g/mol. The van der Waals surface area contributed by atoms with Crippen molar-refractivity contribution in [3.05, 3.63) is 71.8 Å². The Morgan fingerprint density at radius 2 is 0.654 bits per heavy atom. The van der Waals surface area contributed by atoms with Gasteiger partial charge in [-0.25, -0.2) is 0 Å². The van der Waals surface area contributed by atoms with E-state index in [2.05, 4.69) is 65.8 Å². The second-order valence-electron chi connectivity index (χ2n) is 6.72. The summed E-state index contributed by atoms with van der Waals surface area (Å²) in [6.45, 7) is 13.1. The predicted molar refractivity (Wildman–Crippen MR) is 122 cm³/mol. The minimum Gasteiger partial charge on any atom is -0.0654 e. The normalized spacial score (nSPS) is 8.85. The van der Waals surface area contributed by atoms with Gasteiger partial charge < -0.3 is 0 Å². The van der Waals surface area contributed by atoms with Crippen molar-refractivity contribution >= 4 is 0 Å². The van der Waals surface area contributed by atoms with Gasteiger partial charge in [0.2, 0.25) is 0 Å². The van der Waals surface area contributed by atoms with E-state index in [4.69, 9.17) is 0 Å². The molecule has 0 unspecified atom stereocenters. The molecule has 0 heteroatoms. The van der Waals surface area contributed by atoms with Gasteiger partial charge in [0, 0.05) is 0 Å². The SMILES string of the molecule is CCCCCC.CCCCCC.Cc1ccccc1.Cc1ccccc1. The summed E-state index contributed by atoms with van der Waals surface area (Å²) in [6.07, 6.45) is 11.1. The molecule has 0 fully saturated rings. The number of aryl methyl sites for hydroxylation is 2. The topological polar surface area (TPSA) is 0 Å². The van der Waals surface area contributed by atoms with Gasteiger partial charge >= 0.3 is 0 Å². The zero-order chi connectivity index (χ0) is 19.9. The Hall–Kier alpha value is -1.56. The third-order valence-corrected chi connectivity index (χ3v) is 3.80. The van der Waals surface area contributed by atoms with Gasteiger partial charge in [0.25, 0.3) is 0 Å². The molecule has 0 radical (unpaired) electrons. The van der Waals surface area contributed by atoms with Crippen molar-refractivity contribution in [2.45, 2.75) is 92.9 Å². The standard InChI is InChI=1S/2C7H8.2C6H14/c2*1-7-5-3-2-4-6-7;2*1-3-5-6-4-2/h2*2-6H,1H3;2*3-6H2,1-2H3. The van der Waals surface area contributed by atoms with Crippen LogP contribution in [0.4, 0.5) is 0 Å². The Kier molecular flexibility index (Phi) is 24.0. The maximum atomic E-state index is 2.23. The molecule has 26 heavy (non-hydrogen) atoms.